The lowest BCUT2D eigenvalue weighted by atomic mass is 10.2. The summed E-state index contributed by atoms with van der Waals surface area (Å²) < 4.78 is 53.8. The van der Waals surface area contributed by atoms with Crippen LogP contribution in [0.3, 0.4) is 0 Å². The Bertz CT molecular complexity index is 897. The molecule has 0 heterocycles. The van der Waals surface area contributed by atoms with Gasteiger partial charge < -0.3 is 14.2 Å². The summed E-state index contributed by atoms with van der Waals surface area (Å²) >= 11 is 0. The number of rotatable bonds is 8. The topological polar surface area (TPSA) is 82.1 Å². The lowest BCUT2D eigenvalue weighted by molar-refractivity contribution is 0.0449. The summed E-state index contributed by atoms with van der Waals surface area (Å²) in [7, 11) is 0.724. The van der Waals surface area contributed by atoms with Gasteiger partial charge in [-0.05, 0) is 42.5 Å². The number of ether oxygens (including phenoxy) is 3. The molecule has 2 aromatic rings. The fourth-order valence-corrected chi connectivity index (χ4v) is 2.99. The highest BCUT2D eigenvalue weighted by molar-refractivity contribution is 7.89. The fraction of sp³-hybridized carbons (Fsp3) is 0.278. The summed E-state index contributed by atoms with van der Waals surface area (Å²) in [6.07, 6.45) is 0. The second-order valence-corrected chi connectivity index (χ2v) is 7.74. The summed E-state index contributed by atoms with van der Waals surface area (Å²) in [5.41, 5.74) is 0.0616. The SMILES string of the molecule is COc1ccc(C(=O)OCCOc2ccc(S(=O)(=O)N(C)C)cc2)cc1F. The molecule has 27 heavy (non-hydrogen) atoms. The number of benzene rings is 2. The Hall–Kier alpha value is -2.65. The van der Waals surface area contributed by atoms with Crippen LogP contribution in [0.25, 0.3) is 0 Å². The van der Waals surface area contributed by atoms with E-state index >= 15 is 0 Å². The Morgan fingerprint density at radius 3 is 2.30 bits per heavy atom. The third kappa shape index (κ3) is 5.18. The van der Waals surface area contributed by atoms with E-state index in [2.05, 4.69) is 0 Å². The molecule has 0 radical (unpaired) electrons. The molecule has 0 saturated carbocycles. The molecule has 2 aromatic carbocycles. The van der Waals surface area contributed by atoms with Gasteiger partial charge in [-0.25, -0.2) is 21.9 Å². The molecule has 0 aliphatic carbocycles. The quantitative estimate of drug-likeness (QED) is 0.502. The Kier molecular flexibility index (Phi) is 6.75. The van der Waals surface area contributed by atoms with E-state index in [1.165, 1.54) is 57.6 Å². The number of carbonyl (C=O) groups is 1. The van der Waals surface area contributed by atoms with Crippen LogP contribution < -0.4 is 9.47 Å². The average molecular weight is 397 g/mol. The van der Waals surface area contributed by atoms with Crippen molar-refractivity contribution in [3.63, 3.8) is 0 Å². The van der Waals surface area contributed by atoms with E-state index in [0.29, 0.717) is 5.75 Å². The molecule has 0 aliphatic heterocycles. The number of hydrogen-bond acceptors (Lipinski definition) is 6. The van der Waals surface area contributed by atoms with Crippen molar-refractivity contribution in [1.29, 1.82) is 0 Å². The molecule has 146 valence electrons. The maximum atomic E-state index is 13.6. The van der Waals surface area contributed by atoms with Crippen LogP contribution in [0.1, 0.15) is 10.4 Å². The molecule has 7 nitrogen and oxygen atoms in total. The lowest BCUT2D eigenvalue weighted by Crippen LogP contribution is -2.22. The van der Waals surface area contributed by atoms with Gasteiger partial charge in [0, 0.05) is 14.1 Å². The molecule has 9 heteroatoms. The van der Waals surface area contributed by atoms with E-state index in [4.69, 9.17) is 14.2 Å². The first-order valence-corrected chi connectivity index (χ1v) is 9.36. The van der Waals surface area contributed by atoms with E-state index in [0.717, 1.165) is 10.4 Å². The Balaban J connectivity index is 1.84. The molecule has 0 aromatic heterocycles. The van der Waals surface area contributed by atoms with Gasteiger partial charge in [-0.2, -0.15) is 0 Å². The first kappa shape index (κ1) is 20.7. The van der Waals surface area contributed by atoms with Crippen molar-refractivity contribution in [2.75, 3.05) is 34.4 Å². The zero-order valence-electron chi connectivity index (χ0n) is 15.1. The second kappa shape index (κ2) is 8.83. The summed E-state index contributed by atoms with van der Waals surface area (Å²) in [4.78, 5) is 12.0. The van der Waals surface area contributed by atoms with Gasteiger partial charge in [0.15, 0.2) is 11.6 Å². The Morgan fingerprint density at radius 1 is 1.07 bits per heavy atom. The number of sulfonamides is 1. The molecule has 0 saturated heterocycles. The van der Waals surface area contributed by atoms with E-state index in [-0.39, 0.29) is 29.4 Å². The fourth-order valence-electron chi connectivity index (χ4n) is 2.09. The number of methoxy groups -OCH3 is 1. The summed E-state index contributed by atoms with van der Waals surface area (Å²) in [6.45, 7) is 0.00832. The van der Waals surface area contributed by atoms with Crippen molar-refractivity contribution >= 4 is 16.0 Å². The predicted molar refractivity (Wildman–Crippen MR) is 96.0 cm³/mol. The minimum Gasteiger partial charge on any atom is -0.494 e. The molecule has 0 unspecified atom stereocenters. The molecule has 0 amide bonds. The normalized spacial score (nSPS) is 11.3. The summed E-state index contributed by atoms with van der Waals surface area (Å²) in [5.74, 6) is -0.877. The molecule has 0 bridgehead atoms. The number of hydrogen-bond donors (Lipinski definition) is 0. The van der Waals surface area contributed by atoms with Gasteiger partial charge in [-0.3, -0.25) is 0 Å². The molecular weight excluding hydrogens is 377 g/mol. The number of esters is 1. The van der Waals surface area contributed by atoms with Gasteiger partial charge in [0.05, 0.1) is 17.6 Å². The predicted octanol–water partition coefficient (Wildman–Crippen LogP) is 2.32. The van der Waals surface area contributed by atoms with Crippen LogP contribution in [-0.2, 0) is 14.8 Å². The van der Waals surface area contributed by atoms with Gasteiger partial charge >= 0.3 is 5.97 Å². The summed E-state index contributed by atoms with van der Waals surface area (Å²) in [5, 5.41) is 0. The maximum absolute atomic E-state index is 13.6. The van der Waals surface area contributed by atoms with Gasteiger partial charge in [0.25, 0.3) is 0 Å². The molecule has 0 fully saturated rings. The zero-order valence-corrected chi connectivity index (χ0v) is 16.0. The van der Waals surface area contributed by atoms with E-state index in [9.17, 15) is 17.6 Å². The van der Waals surface area contributed by atoms with Crippen LogP contribution in [-0.4, -0.2) is 53.1 Å². The second-order valence-electron chi connectivity index (χ2n) is 5.59. The van der Waals surface area contributed by atoms with Crippen LogP contribution in [0.5, 0.6) is 11.5 Å². The van der Waals surface area contributed by atoms with Crippen molar-refractivity contribution in [3.05, 3.63) is 53.8 Å². The average Bonchev–Trinajstić information content (AvgIpc) is 2.65. The van der Waals surface area contributed by atoms with Crippen LogP contribution in [0, 0.1) is 5.82 Å². The third-order valence-corrected chi connectivity index (χ3v) is 5.40. The van der Waals surface area contributed by atoms with Crippen LogP contribution >= 0.6 is 0 Å². The van der Waals surface area contributed by atoms with Gasteiger partial charge in [-0.1, -0.05) is 0 Å². The summed E-state index contributed by atoms with van der Waals surface area (Å²) in [6, 6.07) is 9.65. The highest BCUT2D eigenvalue weighted by Crippen LogP contribution is 2.19. The number of halogens is 1. The monoisotopic (exact) mass is 397 g/mol. The van der Waals surface area contributed by atoms with Gasteiger partial charge in [0.2, 0.25) is 10.0 Å². The van der Waals surface area contributed by atoms with Crippen molar-refractivity contribution in [2.45, 2.75) is 4.90 Å². The molecule has 0 aliphatic rings. The highest BCUT2D eigenvalue weighted by Gasteiger charge is 2.16. The highest BCUT2D eigenvalue weighted by atomic mass is 32.2. The van der Waals surface area contributed by atoms with E-state index < -0.39 is 21.8 Å². The first-order chi connectivity index (χ1) is 12.8. The lowest BCUT2D eigenvalue weighted by Gasteiger charge is -2.12. The van der Waals surface area contributed by atoms with E-state index in [1.807, 2.05) is 0 Å². The minimum atomic E-state index is -3.50. The molecule has 0 spiro atoms. The van der Waals surface area contributed by atoms with Crippen LogP contribution in [0.4, 0.5) is 4.39 Å². The van der Waals surface area contributed by atoms with Gasteiger partial charge in [-0.15, -0.1) is 0 Å². The maximum Gasteiger partial charge on any atom is 0.338 e. The molecule has 0 atom stereocenters. The number of nitrogens with zero attached hydrogens (tertiary/aromatic N) is 1. The largest absolute Gasteiger partial charge is 0.494 e. The van der Waals surface area contributed by atoms with E-state index in [1.54, 1.807) is 0 Å². The standard InChI is InChI=1S/C18H20FNO6S/c1-20(2)27(22,23)15-7-5-14(6-8-15)25-10-11-26-18(21)13-4-9-17(24-3)16(19)12-13/h4-9,12H,10-11H2,1-3H3. The zero-order chi connectivity index (χ0) is 20.0. The third-order valence-electron chi connectivity index (χ3n) is 3.58. The first-order valence-electron chi connectivity index (χ1n) is 7.91. The van der Waals surface area contributed by atoms with Crippen LogP contribution in [0.2, 0.25) is 0 Å². The van der Waals surface area contributed by atoms with Crippen molar-refractivity contribution in [2.24, 2.45) is 0 Å². The molecule has 0 N–H and O–H groups in total. The number of carbonyl (C=O) groups excluding carboxylic acids is 1. The van der Waals surface area contributed by atoms with Crippen LogP contribution in [0.15, 0.2) is 47.4 Å². The van der Waals surface area contributed by atoms with Crippen molar-refractivity contribution in [1.82, 2.24) is 4.31 Å². The minimum absolute atomic E-state index is 0.0367. The Labute approximate surface area is 157 Å². The Morgan fingerprint density at radius 2 is 1.74 bits per heavy atom. The molecular formula is C18H20FNO6S. The molecule has 2 rings (SSSR count). The van der Waals surface area contributed by atoms with Gasteiger partial charge in [0.1, 0.15) is 19.0 Å². The van der Waals surface area contributed by atoms with Crippen molar-refractivity contribution in [3.8, 4) is 11.5 Å². The van der Waals surface area contributed by atoms with Crippen molar-refractivity contribution < 1.29 is 31.8 Å². The smallest absolute Gasteiger partial charge is 0.338 e.